The van der Waals surface area contributed by atoms with Crippen molar-refractivity contribution in [1.82, 2.24) is 14.8 Å². The minimum Gasteiger partial charge on any atom is -0.398 e. The standard InChI is InChI=1S/C12H15N5O2.ClH/c1-19-5-4-17-8-9(6-15-17)16-12(18)10-7-14-3-2-11(10)13;/h2-3,6-8H,4-5H2,1H3,(H2,13,14)(H,16,18);1H. The van der Waals surface area contributed by atoms with E-state index < -0.39 is 0 Å². The van der Waals surface area contributed by atoms with E-state index in [1.165, 1.54) is 12.4 Å². The van der Waals surface area contributed by atoms with Gasteiger partial charge in [-0.25, -0.2) is 0 Å². The van der Waals surface area contributed by atoms with Crippen LogP contribution in [0.4, 0.5) is 11.4 Å². The summed E-state index contributed by atoms with van der Waals surface area (Å²) < 4.78 is 6.63. The highest BCUT2D eigenvalue weighted by Crippen LogP contribution is 2.12. The zero-order chi connectivity index (χ0) is 13.7. The Kier molecular flexibility index (Phi) is 5.95. The van der Waals surface area contributed by atoms with Gasteiger partial charge in [0.1, 0.15) is 0 Å². The first-order valence-corrected chi connectivity index (χ1v) is 5.73. The highest BCUT2D eigenvalue weighted by Gasteiger charge is 2.10. The van der Waals surface area contributed by atoms with Crippen LogP contribution < -0.4 is 11.1 Å². The van der Waals surface area contributed by atoms with Crippen LogP contribution in [0.1, 0.15) is 10.4 Å². The lowest BCUT2D eigenvalue weighted by Gasteiger charge is -2.04. The largest absolute Gasteiger partial charge is 0.398 e. The molecule has 0 fully saturated rings. The summed E-state index contributed by atoms with van der Waals surface area (Å²) in [7, 11) is 1.62. The molecule has 7 nitrogen and oxygen atoms in total. The molecule has 0 spiro atoms. The van der Waals surface area contributed by atoms with Gasteiger partial charge in [-0.2, -0.15) is 5.10 Å². The SMILES string of the molecule is COCCn1cc(NC(=O)c2cnccc2N)cn1.Cl. The molecule has 2 aromatic heterocycles. The normalized spacial score (nSPS) is 9.85. The van der Waals surface area contributed by atoms with E-state index in [0.717, 1.165) is 0 Å². The van der Waals surface area contributed by atoms with Crippen LogP contribution in [0.2, 0.25) is 0 Å². The molecule has 0 atom stereocenters. The maximum atomic E-state index is 12.0. The number of rotatable bonds is 5. The van der Waals surface area contributed by atoms with Crippen LogP contribution in [0.5, 0.6) is 0 Å². The summed E-state index contributed by atoms with van der Waals surface area (Å²) in [5, 5.41) is 6.81. The number of nitrogens with two attached hydrogens (primary N) is 1. The molecule has 0 aromatic carbocycles. The van der Waals surface area contributed by atoms with Crippen molar-refractivity contribution in [3.63, 3.8) is 0 Å². The number of nitrogens with zero attached hydrogens (tertiary/aromatic N) is 3. The maximum absolute atomic E-state index is 12.0. The Hall–Kier alpha value is -2.12. The molecule has 3 N–H and O–H groups in total. The Morgan fingerprint density at radius 1 is 1.50 bits per heavy atom. The van der Waals surface area contributed by atoms with Crippen LogP contribution >= 0.6 is 12.4 Å². The number of pyridine rings is 1. The average Bonchev–Trinajstić information content (AvgIpc) is 2.84. The third-order valence-corrected chi connectivity index (χ3v) is 2.52. The van der Waals surface area contributed by atoms with Crippen LogP contribution in [0.15, 0.2) is 30.9 Å². The van der Waals surface area contributed by atoms with Crippen LogP contribution in [0.25, 0.3) is 0 Å². The lowest BCUT2D eigenvalue weighted by molar-refractivity contribution is 0.102. The Morgan fingerprint density at radius 3 is 3.00 bits per heavy atom. The second-order valence-corrected chi connectivity index (χ2v) is 3.90. The molecule has 1 amide bonds. The minimum atomic E-state index is -0.308. The van der Waals surface area contributed by atoms with E-state index in [1.54, 1.807) is 30.3 Å². The predicted molar refractivity (Wildman–Crippen MR) is 78.0 cm³/mol. The Morgan fingerprint density at radius 2 is 2.30 bits per heavy atom. The topological polar surface area (TPSA) is 95.1 Å². The Balaban J connectivity index is 0.00000200. The minimum absolute atomic E-state index is 0. The van der Waals surface area contributed by atoms with Crippen LogP contribution in [-0.2, 0) is 11.3 Å². The van der Waals surface area contributed by atoms with Gasteiger partial charge in [0, 0.05) is 31.4 Å². The van der Waals surface area contributed by atoms with Gasteiger partial charge in [0.15, 0.2) is 0 Å². The van der Waals surface area contributed by atoms with E-state index in [-0.39, 0.29) is 18.3 Å². The maximum Gasteiger partial charge on any atom is 0.259 e. The number of anilines is 2. The van der Waals surface area contributed by atoms with Crippen LogP contribution in [0, 0.1) is 0 Å². The third kappa shape index (κ3) is 3.94. The number of amides is 1. The first-order valence-electron chi connectivity index (χ1n) is 5.73. The summed E-state index contributed by atoms with van der Waals surface area (Å²) in [4.78, 5) is 15.8. The molecule has 0 unspecified atom stereocenters. The van der Waals surface area contributed by atoms with E-state index in [9.17, 15) is 4.79 Å². The van der Waals surface area contributed by atoms with E-state index in [1.807, 2.05) is 0 Å². The van der Waals surface area contributed by atoms with Gasteiger partial charge in [-0.1, -0.05) is 0 Å². The lowest BCUT2D eigenvalue weighted by Crippen LogP contribution is -2.14. The van der Waals surface area contributed by atoms with Crippen molar-refractivity contribution in [3.8, 4) is 0 Å². The fourth-order valence-electron chi connectivity index (χ4n) is 1.53. The van der Waals surface area contributed by atoms with Gasteiger partial charge >= 0.3 is 0 Å². The molecule has 2 aromatic rings. The van der Waals surface area contributed by atoms with Gasteiger partial charge in [0.05, 0.1) is 30.6 Å². The molecule has 0 saturated heterocycles. The summed E-state index contributed by atoms with van der Waals surface area (Å²) in [6.07, 6.45) is 6.26. The molecule has 2 rings (SSSR count). The number of halogens is 1. The summed E-state index contributed by atoms with van der Waals surface area (Å²) in [5.74, 6) is -0.308. The molecule has 0 bridgehead atoms. The van der Waals surface area contributed by atoms with E-state index in [0.29, 0.717) is 30.1 Å². The summed E-state index contributed by atoms with van der Waals surface area (Å²) in [6, 6.07) is 1.58. The van der Waals surface area contributed by atoms with Crippen molar-refractivity contribution < 1.29 is 9.53 Å². The van der Waals surface area contributed by atoms with Gasteiger partial charge < -0.3 is 15.8 Å². The smallest absolute Gasteiger partial charge is 0.259 e. The fraction of sp³-hybridized carbons (Fsp3) is 0.250. The van der Waals surface area contributed by atoms with Gasteiger partial charge in [-0.3, -0.25) is 14.5 Å². The number of carbonyl (C=O) groups is 1. The Bertz CT molecular complexity index is 572. The Labute approximate surface area is 122 Å². The highest BCUT2D eigenvalue weighted by molar-refractivity contribution is 6.07. The van der Waals surface area contributed by atoms with Crippen molar-refractivity contribution in [2.24, 2.45) is 0 Å². The van der Waals surface area contributed by atoms with Gasteiger partial charge in [-0.05, 0) is 6.07 Å². The predicted octanol–water partition coefficient (Wildman–Crippen LogP) is 1.18. The average molecular weight is 298 g/mol. The van der Waals surface area contributed by atoms with Crippen LogP contribution in [0.3, 0.4) is 0 Å². The molecular weight excluding hydrogens is 282 g/mol. The first-order chi connectivity index (χ1) is 9.20. The lowest BCUT2D eigenvalue weighted by atomic mass is 10.2. The molecule has 0 aliphatic carbocycles. The van der Waals surface area contributed by atoms with E-state index in [4.69, 9.17) is 10.5 Å². The third-order valence-electron chi connectivity index (χ3n) is 2.52. The monoisotopic (exact) mass is 297 g/mol. The first kappa shape index (κ1) is 15.9. The number of methoxy groups -OCH3 is 1. The molecule has 108 valence electrons. The molecule has 0 aliphatic heterocycles. The quantitative estimate of drug-likeness (QED) is 0.864. The number of aromatic nitrogens is 3. The second kappa shape index (κ2) is 7.46. The van der Waals surface area contributed by atoms with E-state index >= 15 is 0 Å². The summed E-state index contributed by atoms with van der Waals surface area (Å²) in [6.45, 7) is 1.19. The molecular formula is C12H16ClN5O2. The number of carbonyl (C=O) groups excluding carboxylic acids is 1. The summed E-state index contributed by atoms with van der Waals surface area (Å²) in [5.41, 5.74) is 7.04. The van der Waals surface area contributed by atoms with Crippen molar-refractivity contribution in [3.05, 3.63) is 36.4 Å². The number of hydrogen-bond donors (Lipinski definition) is 2. The molecule has 0 saturated carbocycles. The molecule has 20 heavy (non-hydrogen) atoms. The van der Waals surface area contributed by atoms with Crippen LogP contribution in [-0.4, -0.2) is 34.4 Å². The molecule has 0 aliphatic rings. The summed E-state index contributed by atoms with van der Waals surface area (Å²) >= 11 is 0. The highest BCUT2D eigenvalue weighted by atomic mass is 35.5. The second-order valence-electron chi connectivity index (χ2n) is 3.90. The molecule has 0 radical (unpaired) electrons. The number of hydrogen-bond acceptors (Lipinski definition) is 5. The van der Waals surface area contributed by atoms with E-state index in [2.05, 4.69) is 15.4 Å². The number of nitrogen functional groups attached to an aromatic ring is 1. The van der Waals surface area contributed by atoms with Crippen molar-refractivity contribution in [2.45, 2.75) is 6.54 Å². The number of nitrogens with one attached hydrogen (secondary N) is 1. The fourth-order valence-corrected chi connectivity index (χ4v) is 1.53. The van der Waals surface area contributed by atoms with Crippen molar-refractivity contribution >= 4 is 29.7 Å². The zero-order valence-corrected chi connectivity index (χ0v) is 11.8. The van der Waals surface area contributed by atoms with Gasteiger partial charge in [0.2, 0.25) is 0 Å². The van der Waals surface area contributed by atoms with Gasteiger partial charge in [-0.15, -0.1) is 12.4 Å². The molecule has 8 heteroatoms. The van der Waals surface area contributed by atoms with Crippen molar-refractivity contribution in [1.29, 1.82) is 0 Å². The molecule has 2 heterocycles. The van der Waals surface area contributed by atoms with Crippen molar-refractivity contribution in [2.75, 3.05) is 24.8 Å². The number of ether oxygens (including phenoxy) is 1. The zero-order valence-electron chi connectivity index (χ0n) is 10.9. The van der Waals surface area contributed by atoms with Gasteiger partial charge in [0.25, 0.3) is 5.91 Å².